The first-order chi connectivity index (χ1) is 13.1. The Hall–Kier alpha value is -3.08. The van der Waals surface area contributed by atoms with Crippen molar-refractivity contribution in [2.75, 3.05) is 0 Å². The third-order valence-corrected chi connectivity index (χ3v) is 3.19. The molecule has 0 heterocycles. The molecule has 2 aromatic carbocycles. The number of hydrazone groups is 1. The highest BCUT2D eigenvalue weighted by atomic mass is 35.5. The topological polar surface area (TPSA) is 75.1 Å². The Morgan fingerprint density at radius 2 is 1.31 bits per heavy atom. The van der Waals surface area contributed by atoms with E-state index in [1.54, 1.807) is 0 Å². The molecule has 0 saturated heterocycles. The largest absolute Gasteiger partial charge is 0.416 e. The maximum atomic E-state index is 12.6. The first-order valence-corrected chi connectivity index (χ1v) is 7.56. The molecule has 0 saturated carbocycles. The van der Waals surface area contributed by atoms with E-state index in [0.29, 0.717) is 0 Å². The molecule has 2 aromatic rings. The number of alkyl halides is 6. The second-order valence-electron chi connectivity index (χ2n) is 5.35. The van der Waals surface area contributed by atoms with E-state index in [-0.39, 0.29) is 29.5 Å². The average molecular weight is 438 g/mol. The van der Waals surface area contributed by atoms with Crippen molar-refractivity contribution >= 4 is 30.8 Å². The van der Waals surface area contributed by atoms with Gasteiger partial charge in [0, 0.05) is 0 Å². The second kappa shape index (κ2) is 9.92. The molecule has 12 heteroatoms. The highest BCUT2D eigenvalue weighted by molar-refractivity contribution is 5.85. The fraction of sp³-hybridized carbons (Fsp3) is 0.118. The number of hydrogen-bond donors (Lipinski definition) is 2. The van der Waals surface area contributed by atoms with Crippen LogP contribution < -0.4 is 11.2 Å². The summed E-state index contributed by atoms with van der Waals surface area (Å²) in [4.78, 5) is 0. The van der Waals surface area contributed by atoms with Crippen LogP contribution in [0.2, 0.25) is 0 Å². The van der Waals surface area contributed by atoms with Crippen molar-refractivity contribution in [3.63, 3.8) is 0 Å². The molecule has 5 nitrogen and oxygen atoms in total. The zero-order valence-corrected chi connectivity index (χ0v) is 15.2. The van der Waals surface area contributed by atoms with E-state index in [0.717, 1.165) is 36.7 Å². The molecular weight excluding hydrogens is 424 g/mol. The number of rotatable bonds is 4. The molecule has 156 valence electrons. The molecule has 0 radical (unpaired) electrons. The number of guanidine groups is 1. The first-order valence-electron chi connectivity index (χ1n) is 7.56. The van der Waals surface area contributed by atoms with E-state index >= 15 is 0 Å². The molecule has 0 amide bonds. The Labute approximate surface area is 167 Å². The van der Waals surface area contributed by atoms with Crippen molar-refractivity contribution in [2.45, 2.75) is 12.4 Å². The lowest BCUT2D eigenvalue weighted by atomic mass is 10.1. The molecule has 0 atom stereocenters. The lowest BCUT2D eigenvalue weighted by Gasteiger charge is -2.06. The monoisotopic (exact) mass is 437 g/mol. The fourth-order valence-corrected chi connectivity index (χ4v) is 1.94. The van der Waals surface area contributed by atoms with Gasteiger partial charge in [-0.25, -0.2) is 5.43 Å². The van der Waals surface area contributed by atoms with Gasteiger partial charge in [0.25, 0.3) is 0 Å². The minimum atomic E-state index is -4.48. The summed E-state index contributed by atoms with van der Waals surface area (Å²) in [5.41, 5.74) is 6.34. The molecule has 29 heavy (non-hydrogen) atoms. The van der Waals surface area contributed by atoms with Crippen molar-refractivity contribution in [3.05, 3.63) is 70.8 Å². The van der Waals surface area contributed by atoms with Gasteiger partial charge >= 0.3 is 12.4 Å². The van der Waals surface area contributed by atoms with Crippen LogP contribution in [0, 0.1) is 0 Å². The van der Waals surface area contributed by atoms with Gasteiger partial charge in [0.1, 0.15) is 0 Å². The van der Waals surface area contributed by atoms with Crippen LogP contribution in [0.15, 0.2) is 63.8 Å². The smallest absolute Gasteiger partial charge is 0.367 e. The van der Waals surface area contributed by atoms with Gasteiger partial charge in [0.2, 0.25) is 5.96 Å². The Kier molecular flexibility index (Phi) is 8.19. The van der Waals surface area contributed by atoms with Crippen molar-refractivity contribution in [1.29, 1.82) is 0 Å². The predicted molar refractivity (Wildman–Crippen MR) is 100 cm³/mol. The zero-order valence-electron chi connectivity index (χ0n) is 14.4. The summed E-state index contributed by atoms with van der Waals surface area (Å²) in [6, 6.07) is 8.85. The van der Waals surface area contributed by atoms with Gasteiger partial charge in [-0.1, -0.05) is 24.3 Å². The van der Waals surface area contributed by atoms with E-state index in [1.807, 2.05) is 0 Å². The summed E-state index contributed by atoms with van der Waals surface area (Å²) in [6.07, 6.45) is -6.81. The molecule has 0 aliphatic carbocycles. The van der Waals surface area contributed by atoms with E-state index in [2.05, 4.69) is 20.7 Å². The van der Waals surface area contributed by atoms with Gasteiger partial charge in [0.15, 0.2) is 0 Å². The third-order valence-electron chi connectivity index (χ3n) is 3.19. The Balaban J connectivity index is 0.00000420. The zero-order chi connectivity index (χ0) is 20.8. The van der Waals surface area contributed by atoms with Gasteiger partial charge in [-0.3, -0.25) is 0 Å². The number of halogens is 7. The van der Waals surface area contributed by atoms with Gasteiger partial charge in [-0.05, 0) is 35.4 Å². The molecule has 3 N–H and O–H groups in total. The number of nitrogens with one attached hydrogen (secondary N) is 1. The maximum absolute atomic E-state index is 12.6. The van der Waals surface area contributed by atoms with E-state index in [4.69, 9.17) is 5.73 Å². The van der Waals surface area contributed by atoms with Crippen molar-refractivity contribution in [3.8, 4) is 0 Å². The molecule has 0 aliphatic rings. The summed E-state index contributed by atoms with van der Waals surface area (Å²) in [7, 11) is 0. The van der Waals surface area contributed by atoms with Crippen LogP contribution in [0.1, 0.15) is 22.3 Å². The number of nitrogens with two attached hydrogens (primary N) is 1. The highest BCUT2D eigenvalue weighted by Crippen LogP contribution is 2.30. The van der Waals surface area contributed by atoms with Gasteiger partial charge in [-0.2, -0.15) is 36.5 Å². The van der Waals surface area contributed by atoms with E-state index in [9.17, 15) is 26.3 Å². The van der Waals surface area contributed by atoms with Gasteiger partial charge in [0.05, 0.1) is 23.6 Å². The van der Waals surface area contributed by atoms with Crippen LogP contribution in [0.5, 0.6) is 0 Å². The minimum absolute atomic E-state index is 0. The Bertz CT molecular complexity index is 906. The maximum Gasteiger partial charge on any atom is 0.416 e. The summed E-state index contributed by atoms with van der Waals surface area (Å²) < 4.78 is 75.7. The van der Waals surface area contributed by atoms with Crippen LogP contribution in [0.3, 0.4) is 0 Å². The Morgan fingerprint density at radius 1 is 0.828 bits per heavy atom. The number of benzene rings is 2. The van der Waals surface area contributed by atoms with Gasteiger partial charge in [-0.15, -0.1) is 17.5 Å². The number of nitrogens with zero attached hydrogens (tertiary/aromatic N) is 3. The average Bonchev–Trinajstić information content (AvgIpc) is 2.61. The minimum Gasteiger partial charge on any atom is -0.367 e. The standard InChI is InChI=1S/C17H13F6N5.ClH/c18-16(19,20)13-5-1-3-11(7-13)9-25-27-15(24)28-26-10-12-4-2-6-14(8-12)17(21,22)23;/h1-10H,(H3,24,27,28);1H/b25-9+,26-10+;. The quantitative estimate of drug-likeness (QED) is 0.321. The van der Waals surface area contributed by atoms with Crippen LogP contribution >= 0.6 is 12.4 Å². The van der Waals surface area contributed by atoms with Crippen molar-refractivity contribution in [2.24, 2.45) is 21.0 Å². The normalized spacial score (nSPS) is 13.0. The van der Waals surface area contributed by atoms with Crippen molar-refractivity contribution in [1.82, 2.24) is 5.43 Å². The summed E-state index contributed by atoms with van der Waals surface area (Å²) >= 11 is 0. The summed E-state index contributed by atoms with van der Waals surface area (Å²) in [6.45, 7) is 0. The molecule has 0 aromatic heterocycles. The fourth-order valence-electron chi connectivity index (χ4n) is 1.94. The summed E-state index contributed by atoms with van der Waals surface area (Å²) in [5.74, 6) is -0.313. The molecule has 0 unspecified atom stereocenters. The Morgan fingerprint density at radius 3 is 1.79 bits per heavy atom. The molecular formula is C17H14ClF6N5. The lowest BCUT2D eigenvalue weighted by Crippen LogP contribution is -2.26. The van der Waals surface area contributed by atoms with Crippen molar-refractivity contribution < 1.29 is 26.3 Å². The van der Waals surface area contributed by atoms with E-state index in [1.165, 1.54) is 24.3 Å². The van der Waals surface area contributed by atoms with E-state index < -0.39 is 23.5 Å². The number of hydrogen-bond acceptors (Lipinski definition) is 3. The second-order valence-corrected chi connectivity index (χ2v) is 5.35. The lowest BCUT2D eigenvalue weighted by molar-refractivity contribution is -0.138. The third kappa shape index (κ3) is 7.82. The van der Waals surface area contributed by atoms with Crippen LogP contribution in [0.25, 0.3) is 0 Å². The van der Waals surface area contributed by atoms with Gasteiger partial charge < -0.3 is 5.73 Å². The predicted octanol–water partition coefficient (Wildman–Crippen LogP) is 4.42. The highest BCUT2D eigenvalue weighted by Gasteiger charge is 2.30. The molecule has 0 bridgehead atoms. The molecule has 2 rings (SSSR count). The van der Waals surface area contributed by atoms with Crippen LogP contribution in [-0.2, 0) is 12.4 Å². The molecule has 0 aliphatic heterocycles. The van der Waals surface area contributed by atoms with Crippen LogP contribution in [0.4, 0.5) is 26.3 Å². The molecule has 0 spiro atoms. The first kappa shape index (κ1) is 24.0. The SMILES string of the molecule is Cl.N/C(=N\N=C\c1cccc(C(F)(F)F)c1)N/N=C/c1cccc(C(F)(F)F)c1. The molecule has 0 fully saturated rings. The summed E-state index contributed by atoms with van der Waals surface area (Å²) in [5, 5.41) is 10.6. The van der Waals surface area contributed by atoms with Crippen LogP contribution in [-0.4, -0.2) is 18.4 Å².